The summed E-state index contributed by atoms with van der Waals surface area (Å²) in [6, 6.07) is 8.22. The predicted octanol–water partition coefficient (Wildman–Crippen LogP) is 2.75. The number of fused-ring (bicyclic) bond motifs is 1. The van der Waals surface area contributed by atoms with Crippen LogP contribution in [0.4, 0.5) is 0 Å². The molecule has 1 aromatic carbocycles. The highest BCUT2D eigenvalue weighted by molar-refractivity contribution is 7.98. The Bertz CT molecular complexity index is 732. The number of hydrogen-bond donors (Lipinski definition) is 0. The Morgan fingerprint density at radius 1 is 1.19 bits per heavy atom. The van der Waals surface area contributed by atoms with Gasteiger partial charge in [-0.3, -0.25) is 0 Å². The second-order valence-electron chi connectivity index (χ2n) is 4.73. The number of aromatic nitrogens is 6. The molecule has 0 bridgehead atoms. The van der Waals surface area contributed by atoms with Gasteiger partial charge in [-0.1, -0.05) is 30.8 Å². The summed E-state index contributed by atoms with van der Waals surface area (Å²) in [6.07, 6.45) is 1.02. The molecule has 0 radical (unpaired) electrons. The molecule has 0 saturated carbocycles. The minimum Gasteiger partial charge on any atom is -0.319 e. The monoisotopic (exact) mass is 302 g/mol. The van der Waals surface area contributed by atoms with Gasteiger partial charge < -0.3 is 4.57 Å². The lowest BCUT2D eigenvalue weighted by Gasteiger charge is -2.05. The molecule has 110 valence electrons. The summed E-state index contributed by atoms with van der Waals surface area (Å²) in [4.78, 5) is 4.71. The molecule has 0 amide bonds. The molecule has 0 aliphatic rings. The van der Waals surface area contributed by atoms with E-state index in [1.54, 1.807) is 11.8 Å². The van der Waals surface area contributed by atoms with Crippen molar-refractivity contribution < 1.29 is 0 Å². The first-order valence-electron chi connectivity index (χ1n) is 7.16. The lowest BCUT2D eigenvalue weighted by molar-refractivity contribution is 0.564. The largest absolute Gasteiger partial charge is 0.319 e. The summed E-state index contributed by atoms with van der Waals surface area (Å²) in [7, 11) is 0. The molecule has 0 aliphatic heterocycles. The van der Waals surface area contributed by atoms with Crippen LogP contribution in [-0.4, -0.2) is 29.8 Å². The highest BCUT2D eigenvalue weighted by Crippen LogP contribution is 2.26. The molecular formula is C14H18N6S. The van der Waals surface area contributed by atoms with E-state index in [4.69, 9.17) is 4.98 Å². The van der Waals surface area contributed by atoms with Gasteiger partial charge in [-0.15, -0.1) is 5.10 Å². The van der Waals surface area contributed by atoms with Crippen LogP contribution in [0.15, 0.2) is 29.4 Å². The van der Waals surface area contributed by atoms with Crippen LogP contribution >= 0.6 is 11.8 Å². The summed E-state index contributed by atoms with van der Waals surface area (Å²) in [5.74, 6) is 1.63. The van der Waals surface area contributed by atoms with Crippen LogP contribution < -0.4 is 0 Å². The fraction of sp³-hybridized carbons (Fsp3) is 0.429. The number of imidazole rings is 1. The molecule has 7 heteroatoms. The standard InChI is InChI=1S/C14H18N6S/c1-3-9-20-13(16-17-18-20)10-21-14-15-11-7-5-6-8-12(11)19(14)4-2/h5-8H,3-4,9-10H2,1-2H3. The van der Waals surface area contributed by atoms with E-state index in [1.165, 1.54) is 5.52 Å². The first-order chi connectivity index (χ1) is 10.3. The summed E-state index contributed by atoms with van der Waals surface area (Å²) in [6.45, 7) is 6.02. The number of thioether (sulfide) groups is 1. The predicted molar refractivity (Wildman–Crippen MR) is 83.1 cm³/mol. The van der Waals surface area contributed by atoms with Crippen molar-refractivity contribution in [1.29, 1.82) is 0 Å². The Labute approximate surface area is 127 Å². The van der Waals surface area contributed by atoms with Crippen molar-refractivity contribution in [3.05, 3.63) is 30.1 Å². The van der Waals surface area contributed by atoms with E-state index >= 15 is 0 Å². The zero-order valence-corrected chi connectivity index (χ0v) is 13.0. The molecule has 0 N–H and O–H groups in total. The molecule has 21 heavy (non-hydrogen) atoms. The maximum absolute atomic E-state index is 4.71. The molecule has 3 aromatic rings. The number of hydrogen-bond acceptors (Lipinski definition) is 5. The minimum absolute atomic E-state index is 0.732. The SMILES string of the molecule is CCCn1nnnc1CSc1nc2ccccc2n1CC. The van der Waals surface area contributed by atoms with Crippen LogP contribution in [0.2, 0.25) is 0 Å². The Morgan fingerprint density at radius 2 is 2.05 bits per heavy atom. The second-order valence-corrected chi connectivity index (χ2v) is 5.68. The summed E-state index contributed by atoms with van der Waals surface area (Å²) in [5, 5.41) is 12.9. The zero-order chi connectivity index (χ0) is 14.7. The third kappa shape index (κ3) is 2.78. The van der Waals surface area contributed by atoms with E-state index in [2.05, 4.69) is 40.0 Å². The van der Waals surface area contributed by atoms with Gasteiger partial charge in [0.05, 0.1) is 16.8 Å². The number of benzene rings is 1. The van der Waals surface area contributed by atoms with Crippen molar-refractivity contribution in [2.75, 3.05) is 0 Å². The normalized spacial score (nSPS) is 11.3. The van der Waals surface area contributed by atoms with E-state index in [1.807, 2.05) is 22.9 Å². The van der Waals surface area contributed by atoms with E-state index in [0.717, 1.165) is 41.8 Å². The van der Waals surface area contributed by atoms with Crippen molar-refractivity contribution in [2.45, 2.75) is 44.3 Å². The molecule has 0 fully saturated rings. The van der Waals surface area contributed by atoms with Gasteiger partial charge in [-0.25, -0.2) is 9.67 Å². The van der Waals surface area contributed by atoms with Gasteiger partial charge in [0.15, 0.2) is 11.0 Å². The first kappa shape index (κ1) is 14.1. The second kappa shape index (κ2) is 6.26. The van der Waals surface area contributed by atoms with Gasteiger partial charge in [0, 0.05) is 13.1 Å². The van der Waals surface area contributed by atoms with Crippen molar-refractivity contribution in [1.82, 2.24) is 29.8 Å². The summed E-state index contributed by atoms with van der Waals surface area (Å²) < 4.78 is 4.10. The topological polar surface area (TPSA) is 61.4 Å². The van der Waals surface area contributed by atoms with E-state index in [9.17, 15) is 0 Å². The van der Waals surface area contributed by atoms with Crippen LogP contribution in [-0.2, 0) is 18.8 Å². The first-order valence-corrected chi connectivity index (χ1v) is 8.15. The molecule has 0 atom stereocenters. The molecule has 2 aromatic heterocycles. The molecule has 0 unspecified atom stereocenters. The number of tetrazole rings is 1. The average molecular weight is 302 g/mol. The summed E-state index contributed by atoms with van der Waals surface area (Å²) in [5.41, 5.74) is 2.21. The van der Waals surface area contributed by atoms with Crippen molar-refractivity contribution >= 4 is 22.8 Å². The molecule has 0 aliphatic carbocycles. The lowest BCUT2D eigenvalue weighted by atomic mass is 10.3. The molecule has 6 nitrogen and oxygen atoms in total. The van der Waals surface area contributed by atoms with Crippen molar-refractivity contribution in [3.8, 4) is 0 Å². The van der Waals surface area contributed by atoms with Crippen LogP contribution in [0.25, 0.3) is 11.0 Å². The van der Waals surface area contributed by atoms with Gasteiger partial charge in [0.2, 0.25) is 0 Å². The molecule has 2 heterocycles. The third-order valence-electron chi connectivity index (χ3n) is 3.31. The van der Waals surface area contributed by atoms with Gasteiger partial charge in [-0.05, 0) is 35.9 Å². The Hall–Kier alpha value is -1.89. The van der Waals surface area contributed by atoms with Crippen LogP contribution in [0, 0.1) is 0 Å². The van der Waals surface area contributed by atoms with Gasteiger partial charge in [0.25, 0.3) is 0 Å². The van der Waals surface area contributed by atoms with Crippen LogP contribution in [0.5, 0.6) is 0 Å². The Kier molecular flexibility index (Phi) is 4.19. The lowest BCUT2D eigenvalue weighted by Crippen LogP contribution is -2.05. The number of aryl methyl sites for hydroxylation is 2. The molecule has 0 spiro atoms. The van der Waals surface area contributed by atoms with Gasteiger partial charge in [-0.2, -0.15) is 0 Å². The van der Waals surface area contributed by atoms with Crippen LogP contribution in [0.1, 0.15) is 26.1 Å². The molecule has 3 rings (SSSR count). The Morgan fingerprint density at radius 3 is 2.86 bits per heavy atom. The van der Waals surface area contributed by atoms with E-state index < -0.39 is 0 Å². The maximum atomic E-state index is 4.71. The van der Waals surface area contributed by atoms with E-state index in [-0.39, 0.29) is 0 Å². The highest BCUT2D eigenvalue weighted by atomic mass is 32.2. The van der Waals surface area contributed by atoms with Crippen molar-refractivity contribution in [3.63, 3.8) is 0 Å². The van der Waals surface area contributed by atoms with Gasteiger partial charge >= 0.3 is 0 Å². The van der Waals surface area contributed by atoms with Crippen LogP contribution in [0.3, 0.4) is 0 Å². The number of para-hydroxylation sites is 2. The fourth-order valence-electron chi connectivity index (χ4n) is 2.31. The zero-order valence-electron chi connectivity index (χ0n) is 12.2. The highest BCUT2D eigenvalue weighted by Gasteiger charge is 2.12. The Balaban J connectivity index is 1.83. The minimum atomic E-state index is 0.732. The van der Waals surface area contributed by atoms with E-state index in [0.29, 0.717) is 0 Å². The summed E-state index contributed by atoms with van der Waals surface area (Å²) >= 11 is 1.68. The maximum Gasteiger partial charge on any atom is 0.169 e. The van der Waals surface area contributed by atoms with Crippen molar-refractivity contribution in [2.24, 2.45) is 0 Å². The van der Waals surface area contributed by atoms with Gasteiger partial charge in [0.1, 0.15) is 0 Å². The number of rotatable bonds is 6. The molecular weight excluding hydrogens is 284 g/mol. The fourth-order valence-corrected chi connectivity index (χ4v) is 3.32. The third-order valence-corrected chi connectivity index (χ3v) is 4.28. The quantitative estimate of drug-likeness (QED) is 0.655. The molecule has 0 saturated heterocycles. The average Bonchev–Trinajstić information content (AvgIpc) is 3.08. The smallest absolute Gasteiger partial charge is 0.169 e. The number of nitrogens with zero attached hydrogens (tertiary/aromatic N) is 6.